The zero-order valence-corrected chi connectivity index (χ0v) is 10.7. The predicted molar refractivity (Wildman–Crippen MR) is 70.2 cm³/mol. The lowest BCUT2D eigenvalue weighted by Gasteiger charge is -2.19. The van der Waals surface area contributed by atoms with Gasteiger partial charge in [-0.05, 0) is 25.0 Å². The van der Waals surface area contributed by atoms with Crippen LogP contribution in [0.5, 0.6) is 0 Å². The van der Waals surface area contributed by atoms with Crippen LogP contribution in [-0.2, 0) is 9.84 Å². The fourth-order valence-corrected chi connectivity index (χ4v) is 4.23. The van der Waals surface area contributed by atoms with Gasteiger partial charge < -0.3 is 5.73 Å². The van der Waals surface area contributed by atoms with Crippen molar-refractivity contribution in [2.75, 3.05) is 17.2 Å². The first-order valence-electron chi connectivity index (χ1n) is 5.99. The molecular weight excluding hydrogens is 250 g/mol. The Morgan fingerprint density at radius 2 is 2.22 bits per heavy atom. The summed E-state index contributed by atoms with van der Waals surface area (Å²) >= 11 is 0. The fraction of sp³-hybridized carbons (Fsp3) is 0.417. The van der Waals surface area contributed by atoms with Gasteiger partial charge in [-0.3, -0.25) is 4.40 Å². The molecule has 0 spiro atoms. The summed E-state index contributed by atoms with van der Waals surface area (Å²) in [4.78, 5) is 4.48. The van der Waals surface area contributed by atoms with Gasteiger partial charge in [-0.15, -0.1) is 0 Å². The molecule has 3 rings (SSSR count). The van der Waals surface area contributed by atoms with Crippen LogP contribution in [0.2, 0.25) is 0 Å². The molecule has 0 amide bonds. The summed E-state index contributed by atoms with van der Waals surface area (Å²) in [6.45, 7) is 0. The molecule has 1 aliphatic rings. The monoisotopic (exact) mass is 265 g/mol. The zero-order valence-electron chi connectivity index (χ0n) is 9.91. The molecule has 6 heteroatoms. The minimum absolute atomic E-state index is 0.00282. The van der Waals surface area contributed by atoms with Crippen molar-refractivity contribution in [1.82, 2.24) is 9.38 Å². The summed E-state index contributed by atoms with van der Waals surface area (Å²) in [6.07, 6.45) is 3.45. The van der Waals surface area contributed by atoms with Gasteiger partial charge >= 0.3 is 0 Å². The van der Waals surface area contributed by atoms with Crippen molar-refractivity contribution in [1.29, 1.82) is 0 Å². The highest BCUT2D eigenvalue weighted by atomic mass is 32.2. The number of nitrogen functional groups attached to an aromatic ring is 1. The third-order valence-corrected chi connectivity index (χ3v) is 5.24. The van der Waals surface area contributed by atoms with Crippen molar-refractivity contribution >= 4 is 21.3 Å². The largest absolute Gasteiger partial charge is 0.385 e. The van der Waals surface area contributed by atoms with Crippen molar-refractivity contribution in [2.24, 2.45) is 0 Å². The Balaban J connectivity index is 2.02. The molecule has 18 heavy (non-hydrogen) atoms. The standard InChI is InChI=1S/C12H15N3O2S/c13-11-4-1-5-12-14-10(7-15(11)12)9-3-2-6-18(16,17)8-9/h1,4-5,7,9H,2-3,6,8,13H2. The van der Waals surface area contributed by atoms with Gasteiger partial charge in [0.25, 0.3) is 0 Å². The van der Waals surface area contributed by atoms with Gasteiger partial charge in [0.1, 0.15) is 11.5 Å². The average Bonchev–Trinajstić information content (AvgIpc) is 2.73. The van der Waals surface area contributed by atoms with Crippen LogP contribution in [0.4, 0.5) is 5.82 Å². The summed E-state index contributed by atoms with van der Waals surface area (Å²) in [5.74, 6) is 1.13. The predicted octanol–water partition coefficient (Wildman–Crippen LogP) is 1.21. The third kappa shape index (κ3) is 1.96. The molecule has 96 valence electrons. The lowest BCUT2D eigenvalue weighted by Crippen LogP contribution is -2.23. The zero-order chi connectivity index (χ0) is 12.8. The molecule has 3 heterocycles. The topological polar surface area (TPSA) is 77.5 Å². The van der Waals surface area contributed by atoms with Crippen LogP contribution in [0.3, 0.4) is 0 Å². The number of nitrogens with zero attached hydrogens (tertiary/aromatic N) is 2. The molecule has 1 aliphatic heterocycles. The maximum atomic E-state index is 11.7. The van der Waals surface area contributed by atoms with E-state index in [1.54, 1.807) is 10.5 Å². The van der Waals surface area contributed by atoms with Crippen LogP contribution in [0, 0.1) is 0 Å². The molecule has 0 aliphatic carbocycles. The average molecular weight is 265 g/mol. The van der Waals surface area contributed by atoms with E-state index in [0.29, 0.717) is 11.6 Å². The highest BCUT2D eigenvalue weighted by molar-refractivity contribution is 7.91. The second-order valence-electron chi connectivity index (χ2n) is 4.80. The molecule has 1 saturated heterocycles. The van der Waals surface area contributed by atoms with E-state index in [1.165, 1.54) is 0 Å². The van der Waals surface area contributed by atoms with Crippen LogP contribution < -0.4 is 5.73 Å². The van der Waals surface area contributed by atoms with E-state index in [9.17, 15) is 8.42 Å². The van der Waals surface area contributed by atoms with Crippen LogP contribution in [0.1, 0.15) is 24.5 Å². The minimum Gasteiger partial charge on any atom is -0.385 e. The number of imidazole rings is 1. The highest BCUT2D eigenvalue weighted by Crippen LogP contribution is 2.28. The molecule has 5 nitrogen and oxygen atoms in total. The molecule has 1 unspecified atom stereocenters. The van der Waals surface area contributed by atoms with Gasteiger partial charge in [0.15, 0.2) is 9.84 Å². The number of aromatic nitrogens is 2. The molecule has 1 fully saturated rings. The Bertz CT molecular complexity index is 690. The van der Waals surface area contributed by atoms with E-state index >= 15 is 0 Å². The third-order valence-electron chi connectivity index (χ3n) is 3.42. The lowest BCUT2D eigenvalue weighted by molar-refractivity contribution is 0.550. The second kappa shape index (κ2) is 3.98. The molecule has 0 saturated carbocycles. The summed E-state index contributed by atoms with van der Waals surface area (Å²) in [5.41, 5.74) is 7.46. The number of fused-ring (bicyclic) bond motifs is 1. The Hall–Kier alpha value is -1.56. The maximum Gasteiger partial charge on any atom is 0.150 e. The van der Waals surface area contributed by atoms with Crippen LogP contribution in [0.25, 0.3) is 5.65 Å². The molecular formula is C12H15N3O2S. The van der Waals surface area contributed by atoms with Crippen LogP contribution >= 0.6 is 0 Å². The normalized spacial score (nSPS) is 23.2. The van der Waals surface area contributed by atoms with E-state index in [0.717, 1.165) is 24.2 Å². The summed E-state index contributed by atoms with van der Waals surface area (Å²) in [6, 6.07) is 5.52. The number of hydrogen-bond acceptors (Lipinski definition) is 4. The molecule has 0 radical (unpaired) electrons. The maximum absolute atomic E-state index is 11.7. The van der Waals surface area contributed by atoms with Gasteiger partial charge in [-0.2, -0.15) is 0 Å². The second-order valence-corrected chi connectivity index (χ2v) is 7.03. The van der Waals surface area contributed by atoms with Gasteiger partial charge in [-0.1, -0.05) is 6.07 Å². The van der Waals surface area contributed by atoms with Crippen LogP contribution in [-0.4, -0.2) is 29.3 Å². The van der Waals surface area contributed by atoms with Gasteiger partial charge in [0, 0.05) is 12.1 Å². The number of hydrogen-bond donors (Lipinski definition) is 1. The number of nitrogens with two attached hydrogens (primary N) is 1. The highest BCUT2D eigenvalue weighted by Gasteiger charge is 2.27. The SMILES string of the molecule is Nc1cccc2nc(C3CCCS(=O)(=O)C3)cn12. The first kappa shape index (κ1) is 11.5. The molecule has 2 N–H and O–H groups in total. The van der Waals surface area contributed by atoms with Crippen LogP contribution in [0.15, 0.2) is 24.4 Å². The van der Waals surface area contributed by atoms with E-state index in [-0.39, 0.29) is 11.7 Å². The van der Waals surface area contributed by atoms with Crippen molar-refractivity contribution in [2.45, 2.75) is 18.8 Å². The van der Waals surface area contributed by atoms with Crippen molar-refractivity contribution in [3.8, 4) is 0 Å². The quantitative estimate of drug-likeness (QED) is 0.840. The van der Waals surface area contributed by atoms with Crippen molar-refractivity contribution in [3.63, 3.8) is 0 Å². The Kier molecular flexibility index (Phi) is 2.55. The summed E-state index contributed by atoms with van der Waals surface area (Å²) < 4.78 is 25.1. The number of anilines is 1. The van der Waals surface area contributed by atoms with Gasteiger partial charge in [0.05, 0.1) is 17.2 Å². The summed E-state index contributed by atoms with van der Waals surface area (Å²) in [7, 11) is -2.91. The summed E-state index contributed by atoms with van der Waals surface area (Å²) in [5, 5.41) is 0. The number of rotatable bonds is 1. The number of sulfone groups is 1. The molecule has 0 aromatic carbocycles. The Morgan fingerprint density at radius 3 is 2.94 bits per heavy atom. The molecule has 1 atom stereocenters. The van der Waals surface area contributed by atoms with Crippen molar-refractivity contribution in [3.05, 3.63) is 30.1 Å². The number of pyridine rings is 1. The lowest BCUT2D eigenvalue weighted by atomic mass is 10.0. The minimum atomic E-state index is -2.91. The van der Waals surface area contributed by atoms with Gasteiger partial charge in [0.2, 0.25) is 0 Å². The Labute approximate surface area is 106 Å². The molecule has 2 aromatic rings. The molecule has 2 aromatic heterocycles. The van der Waals surface area contributed by atoms with Gasteiger partial charge in [-0.25, -0.2) is 13.4 Å². The fourth-order valence-electron chi connectivity index (χ4n) is 2.50. The smallest absolute Gasteiger partial charge is 0.150 e. The van der Waals surface area contributed by atoms with E-state index < -0.39 is 9.84 Å². The molecule has 0 bridgehead atoms. The van der Waals surface area contributed by atoms with E-state index in [2.05, 4.69) is 4.98 Å². The first-order valence-corrected chi connectivity index (χ1v) is 7.81. The Morgan fingerprint density at radius 1 is 1.39 bits per heavy atom. The first-order chi connectivity index (χ1) is 8.55. The van der Waals surface area contributed by atoms with Crippen molar-refractivity contribution < 1.29 is 8.42 Å². The van der Waals surface area contributed by atoms with E-state index in [4.69, 9.17) is 5.73 Å². The van der Waals surface area contributed by atoms with E-state index in [1.807, 2.05) is 18.3 Å².